The van der Waals surface area contributed by atoms with E-state index in [1.54, 1.807) is 6.20 Å². The Morgan fingerprint density at radius 2 is 2.21 bits per heavy atom. The average molecular weight is 329 g/mol. The van der Waals surface area contributed by atoms with Crippen molar-refractivity contribution in [1.82, 2.24) is 35.3 Å². The highest BCUT2D eigenvalue weighted by atomic mass is 16.2. The second-order valence-corrected chi connectivity index (χ2v) is 5.89. The molecule has 2 aromatic heterocycles. The number of aromatic amines is 1. The van der Waals surface area contributed by atoms with Crippen molar-refractivity contribution in [2.24, 2.45) is 0 Å². The molecular weight excluding hydrogens is 306 g/mol. The van der Waals surface area contributed by atoms with Gasteiger partial charge in [-0.2, -0.15) is 5.10 Å². The van der Waals surface area contributed by atoms with Crippen LogP contribution in [0.2, 0.25) is 0 Å². The lowest BCUT2D eigenvalue weighted by molar-refractivity contribution is 0.131. The first-order chi connectivity index (χ1) is 11.8. The molecule has 3 rings (SSSR count). The predicted molar refractivity (Wildman–Crippen MR) is 89.0 cm³/mol. The van der Waals surface area contributed by atoms with Gasteiger partial charge in [0.1, 0.15) is 12.2 Å². The molecule has 2 aromatic rings. The van der Waals surface area contributed by atoms with Gasteiger partial charge in [0.2, 0.25) is 0 Å². The van der Waals surface area contributed by atoms with Crippen LogP contribution in [0.15, 0.2) is 30.9 Å². The van der Waals surface area contributed by atoms with E-state index in [4.69, 9.17) is 0 Å². The number of hydrogen-bond acceptors (Lipinski definition) is 5. The summed E-state index contributed by atoms with van der Waals surface area (Å²) in [5, 5.41) is 9.84. The molecule has 1 fully saturated rings. The molecule has 0 saturated carbocycles. The van der Waals surface area contributed by atoms with Crippen LogP contribution in [0.25, 0.3) is 0 Å². The number of rotatable bonds is 5. The van der Waals surface area contributed by atoms with Crippen LogP contribution in [-0.2, 0) is 6.54 Å². The van der Waals surface area contributed by atoms with Crippen LogP contribution in [0, 0.1) is 0 Å². The highest BCUT2D eigenvalue weighted by Crippen LogP contribution is 2.16. The lowest BCUT2D eigenvalue weighted by atomic mass is 10.1. The molecule has 1 atom stereocenters. The van der Waals surface area contributed by atoms with Gasteiger partial charge in [-0.05, 0) is 18.1 Å². The van der Waals surface area contributed by atoms with Crippen molar-refractivity contribution in [2.45, 2.75) is 25.9 Å². The molecule has 1 aliphatic heterocycles. The van der Waals surface area contributed by atoms with Crippen LogP contribution in [0.4, 0.5) is 4.79 Å². The molecule has 0 unspecified atom stereocenters. The fourth-order valence-electron chi connectivity index (χ4n) is 2.87. The number of urea groups is 1. The number of piperazine rings is 1. The molecule has 1 saturated heterocycles. The van der Waals surface area contributed by atoms with E-state index in [1.807, 2.05) is 23.2 Å². The van der Waals surface area contributed by atoms with E-state index in [0.29, 0.717) is 13.1 Å². The Morgan fingerprint density at radius 1 is 1.38 bits per heavy atom. The van der Waals surface area contributed by atoms with Crippen molar-refractivity contribution in [3.8, 4) is 0 Å². The van der Waals surface area contributed by atoms with Crippen molar-refractivity contribution in [1.29, 1.82) is 0 Å². The summed E-state index contributed by atoms with van der Waals surface area (Å²) in [5.74, 6) is 0.857. The van der Waals surface area contributed by atoms with Crippen LogP contribution in [-0.4, -0.2) is 62.2 Å². The fraction of sp³-hybridized carbons (Fsp3) is 0.500. The Kier molecular flexibility index (Phi) is 5.37. The molecular formula is C16H23N7O. The largest absolute Gasteiger partial charge is 0.331 e. The molecule has 0 aromatic carbocycles. The number of nitrogens with zero attached hydrogens (tertiary/aromatic N) is 5. The molecule has 0 spiro atoms. The SMILES string of the molecule is CC[C@@H](NC(=O)N1CCN(Cc2ncn[nH]2)CC1)c1cccnc1. The minimum atomic E-state index is -0.00924. The Hall–Kier alpha value is -2.48. The normalized spacial score (nSPS) is 16.8. The summed E-state index contributed by atoms with van der Waals surface area (Å²) in [6.07, 6.45) is 5.90. The molecule has 8 nitrogen and oxygen atoms in total. The first-order valence-electron chi connectivity index (χ1n) is 8.28. The fourth-order valence-corrected chi connectivity index (χ4v) is 2.87. The molecule has 1 aliphatic rings. The van der Waals surface area contributed by atoms with Gasteiger partial charge >= 0.3 is 6.03 Å². The van der Waals surface area contributed by atoms with Gasteiger partial charge in [-0.3, -0.25) is 15.0 Å². The summed E-state index contributed by atoms with van der Waals surface area (Å²) < 4.78 is 0. The molecule has 3 heterocycles. The zero-order chi connectivity index (χ0) is 16.8. The molecule has 8 heteroatoms. The number of hydrogen-bond donors (Lipinski definition) is 2. The van der Waals surface area contributed by atoms with Crippen molar-refractivity contribution in [2.75, 3.05) is 26.2 Å². The molecule has 2 N–H and O–H groups in total. The lowest BCUT2D eigenvalue weighted by Gasteiger charge is -2.35. The number of nitrogens with one attached hydrogen (secondary N) is 2. The molecule has 128 valence electrons. The molecule has 2 amide bonds. The number of aromatic nitrogens is 4. The Labute approximate surface area is 141 Å². The van der Waals surface area contributed by atoms with E-state index in [9.17, 15) is 4.79 Å². The van der Waals surface area contributed by atoms with Crippen molar-refractivity contribution in [3.05, 3.63) is 42.2 Å². The first-order valence-corrected chi connectivity index (χ1v) is 8.28. The Balaban J connectivity index is 1.49. The van der Waals surface area contributed by atoms with E-state index in [2.05, 4.69) is 37.3 Å². The van der Waals surface area contributed by atoms with Crippen LogP contribution in [0.5, 0.6) is 0 Å². The Morgan fingerprint density at radius 3 is 2.83 bits per heavy atom. The monoisotopic (exact) mass is 329 g/mol. The second-order valence-electron chi connectivity index (χ2n) is 5.89. The summed E-state index contributed by atoms with van der Waals surface area (Å²) in [7, 11) is 0. The van der Waals surface area contributed by atoms with Gasteiger partial charge in [0.05, 0.1) is 12.6 Å². The topological polar surface area (TPSA) is 90.0 Å². The molecule has 24 heavy (non-hydrogen) atoms. The highest BCUT2D eigenvalue weighted by Gasteiger charge is 2.23. The maximum atomic E-state index is 12.5. The standard InChI is InChI=1S/C16H23N7O/c1-2-14(13-4-3-5-17-10-13)20-16(24)23-8-6-22(7-9-23)11-15-18-12-19-21-15/h3-5,10,12,14H,2,6-9,11H2,1H3,(H,20,24)(H,18,19,21)/t14-/m1/s1. The van der Waals surface area contributed by atoms with E-state index < -0.39 is 0 Å². The van der Waals surface area contributed by atoms with Crippen molar-refractivity contribution in [3.63, 3.8) is 0 Å². The quantitative estimate of drug-likeness (QED) is 0.860. The second kappa shape index (κ2) is 7.87. The summed E-state index contributed by atoms with van der Waals surface area (Å²) in [6.45, 7) is 5.89. The number of carbonyl (C=O) groups excluding carboxylic acids is 1. The summed E-state index contributed by atoms with van der Waals surface area (Å²) in [4.78, 5) is 24.9. The van der Waals surface area contributed by atoms with Gasteiger partial charge < -0.3 is 10.2 Å². The predicted octanol–water partition coefficient (Wildman–Crippen LogP) is 1.18. The number of carbonyl (C=O) groups is 1. The third-order valence-corrected chi connectivity index (χ3v) is 4.29. The van der Waals surface area contributed by atoms with E-state index in [-0.39, 0.29) is 12.1 Å². The average Bonchev–Trinajstić information content (AvgIpc) is 3.14. The number of amides is 2. The van der Waals surface area contributed by atoms with Gasteiger partial charge in [0, 0.05) is 38.6 Å². The minimum absolute atomic E-state index is 0.00146. The zero-order valence-electron chi connectivity index (χ0n) is 13.9. The number of H-pyrrole nitrogens is 1. The molecule has 0 bridgehead atoms. The van der Waals surface area contributed by atoms with Gasteiger partial charge in [0.25, 0.3) is 0 Å². The third kappa shape index (κ3) is 4.08. The van der Waals surface area contributed by atoms with Crippen LogP contribution in [0.1, 0.15) is 30.8 Å². The van der Waals surface area contributed by atoms with Gasteiger partial charge in [0.15, 0.2) is 0 Å². The van der Waals surface area contributed by atoms with Gasteiger partial charge in [-0.15, -0.1) is 0 Å². The van der Waals surface area contributed by atoms with Crippen LogP contribution in [0.3, 0.4) is 0 Å². The van der Waals surface area contributed by atoms with Gasteiger partial charge in [-0.1, -0.05) is 13.0 Å². The number of pyridine rings is 1. The van der Waals surface area contributed by atoms with Gasteiger partial charge in [-0.25, -0.2) is 9.78 Å². The minimum Gasteiger partial charge on any atom is -0.331 e. The molecule has 0 radical (unpaired) electrons. The maximum Gasteiger partial charge on any atom is 0.317 e. The summed E-state index contributed by atoms with van der Waals surface area (Å²) in [5.41, 5.74) is 1.04. The first kappa shape index (κ1) is 16.4. The molecule has 0 aliphatic carbocycles. The summed E-state index contributed by atoms with van der Waals surface area (Å²) >= 11 is 0. The van der Waals surface area contributed by atoms with Crippen molar-refractivity contribution < 1.29 is 4.79 Å². The van der Waals surface area contributed by atoms with E-state index in [1.165, 1.54) is 6.33 Å². The van der Waals surface area contributed by atoms with Crippen LogP contribution < -0.4 is 5.32 Å². The zero-order valence-corrected chi connectivity index (χ0v) is 13.9. The highest BCUT2D eigenvalue weighted by molar-refractivity contribution is 5.74. The lowest BCUT2D eigenvalue weighted by Crippen LogP contribution is -2.52. The third-order valence-electron chi connectivity index (χ3n) is 4.29. The Bertz CT molecular complexity index is 623. The van der Waals surface area contributed by atoms with E-state index >= 15 is 0 Å². The maximum absolute atomic E-state index is 12.5. The summed E-state index contributed by atoms with van der Waals surface area (Å²) in [6, 6.07) is 3.88. The van der Waals surface area contributed by atoms with E-state index in [0.717, 1.165) is 37.4 Å². The van der Waals surface area contributed by atoms with Crippen LogP contribution >= 0.6 is 0 Å². The smallest absolute Gasteiger partial charge is 0.317 e. The van der Waals surface area contributed by atoms with Crippen molar-refractivity contribution >= 4 is 6.03 Å².